The van der Waals surface area contributed by atoms with E-state index in [1.165, 1.54) is 6.92 Å². The van der Waals surface area contributed by atoms with Crippen molar-refractivity contribution in [2.75, 3.05) is 0 Å². The number of carboxylic acid groups (broad SMARTS) is 1. The minimum atomic E-state index is -4.75. The Kier molecular flexibility index (Phi) is 4.08. The first-order chi connectivity index (χ1) is 7.70. The zero-order valence-electron chi connectivity index (χ0n) is 9.32. The van der Waals surface area contributed by atoms with E-state index < -0.39 is 33.2 Å². The Morgan fingerprint density at radius 1 is 1.47 bits per heavy atom. The Balaban J connectivity index is 2.91. The van der Waals surface area contributed by atoms with Crippen molar-refractivity contribution >= 4 is 16.0 Å². The Labute approximate surface area is 98.3 Å². The summed E-state index contributed by atoms with van der Waals surface area (Å²) in [5.74, 6) is -4.71. The average Bonchev–Trinajstić information content (AvgIpc) is 2.20. The number of carbonyl (C=O) groups is 1. The van der Waals surface area contributed by atoms with Crippen molar-refractivity contribution in [1.82, 2.24) is 4.72 Å². The zero-order valence-corrected chi connectivity index (χ0v) is 10.1. The van der Waals surface area contributed by atoms with Gasteiger partial charge in [0.1, 0.15) is 0 Å². The summed E-state index contributed by atoms with van der Waals surface area (Å²) in [6.07, 6.45) is 1.81. The van der Waals surface area contributed by atoms with Gasteiger partial charge in [-0.3, -0.25) is 4.79 Å². The molecule has 2 N–H and O–H groups in total. The highest BCUT2D eigenvalue weighted by molar-refractivity contribution is 7.89. The molecule has 1 fully saturated rings. The van der Waals surface area contributed by atoms with Crippen LogP contribution in [0.1, 0.15) is 32.6 Å². The van der Waals surface area contributed by atoms with Gasteiger partial charge in [0.25, 0.3) is 10.0 Å². The number of hydrogen-bond donors (Lipinski definition) is 2. The molecule has 0 radical (unpaired) electrons. The molecule has 17 heavy (non-hydrogen) atoms. The molecular weight excluding hydrogens is 256 g/mol. The third-order valence-corrected chi connectivity index (χ3v) is 4.32. The van der Waals surface area contributed by atoms with Crippen molar-refractivity contribution in [1.29, 1.82) is 0 Å². The van der Waals surface area contributed by atoms with E-state index in [2.05, 4.69) is 0 Å². The summed E-state index contributed by atoms with van der Waals surface area (Å²) in [4.78, 5) is 11.1. The highest BCUT2D eigenvalue weighted by Crippen LogP contribution is 2.37. The smallest absolute Gasteiger partial charge is 0.350 e. The number of hydrogen-bond acceptors (Lipinski definition) is 3. The minimum Gasteiger partial charge on any atom is -0.481 e. The fourth-order valence-corrected chi connectivity index (χ4v) is 2.91. The predicted molar refractivity (Wildman–Crippen MR) is 56.1 cm³/mol. The van der Waals surface area contributed by atoms with Gasteiger partial charge in [-0.2, -0.15) is 8.78 Å². The number of sulfonamides is 1. The van der Waals surface area contributed by atoms with Crippen molar-refractivity contribution < 1.29 is 27.1 Å². The van der Waals surface area contributed by atoms with Gasteiger partial charge in [-0.25, -0.2) is 13.1 Å². The first-order valence-corrected chi connectivity index (χ1v) is 6.77. The Hall–Kier alpha value is -0.760. The van der Waals surface area contributed by atoms with E-state index in [1.54, 1.807) is 0 Å². The third kappa shape index (κ3) is 2.92. The molecule has 1 aliphatic rings. The topological polar surface area (TPSA) is 83.5 Å². The summed E-state index contributed by atoms with van der Waals surface area (Å²) in [5.41, 5.74) is -1.32. The van der Waals surface area contributed by atoms with Crippen LogP contribution < -0.4 is 4.72 Å². The Morgan fingerprint density at radius 2 is 2.06 bits per heavy atom. The fourth-order valence-electron chi connectivity index (χ4n) is 2.03. The molecule has 0 aromatic rings. The molecule has 0 heterocycles. The van der Waals surface area contributed by atoms with Gasteiger partial charge in [-0.1, -0.05) is 12.8 Å². The number of rotatable bonds is 4. The molecule has 1 rings (SSSR count). The highest BCUT2D eigenvalue weighted by atomic mass is 32.2. The molecule has 0 bridgehead atoms. The molecule has 0 amide bonds. The van der Waals surface area contributed by atoms with Crippen LogP contribution in [-0.2, 0) is 14.8 Å². The lowest BCUT2D eigenvalue weighted by Gasteiger charge is -2.37. The molecule has 0 aromatic carbocycles. The van der Waals surface area contributed by atoms with Crippen LogP contribution in [-0.4, -0.2) is 31.3 Å². The van der Waals surface area contributed by atoms with E-state index in [0.29, 0.717) is 12.8 Å². The SMILES string of the molecule is CC1(C(=O)O)CCCCC1NS(=O)(=O)C(F)F. The van der Waals surface area contributed by atoms with Crippen LogP contribution in [0.4, 0.5) is 8.78 Å². The lowest BCUT2D eigenvalue weighted by Crippen LogP contribution is -2.53. The molecular formula is C9H15F2NO4S. The summed E-state index contributed by atoms with van der Waals surface area (Å²) in [7, 11) is -4.75. The number of carboxylic acids is 1. The average molecular weight is 271 g/mol. The molecule has 0 spiro atoms. The zero-order chi connectivity index (χ0) is 13.3. The maximum absolute atomic E-state index is 12.2. The standard InChI is InChI=1S/C9H15F2NO4S/c1-9(7(13)14)5-3-2-4-6(9)12-17(15,16)8(10)11/h6,8,12H,2-5H2,1H3,(H,13,14). The van der Waals surface area contributed by atoms with E-state index >= 15 is 0 Å². The molecule has 5 nitrogen and oxygen atoms in total. The Bertz CT molecular complexity index is 398. The van der Waals surface area contributed by atoms with Gasteiger partial charge in [-0.15, -0.1) is 0 Å². The maximum Gasteiger partial charge on any atom is 0.350 e. The van der Waals surface area contributed by atoms with Crippen molar-refractivity contribution in [3.05, 3.63) is 0 Å². The number of alkyl halides is 2. The van der Waals surface area contributed by atoms with Gasteiger partial charge >= 0.3 is 11.7 Å². The van der Waals surface area contributed by atoms with Gasteiger partial charge in [-0.05, 0) is 19.8 Å². The second-order valence-electron chi connectivity index (χ2n) is 4.44. The van der Waals surface area contributed by atoms with Crippen LogP contribution in [0, 0.1) is 5.41 Å². The lowest BCUT2D eigenvalue weighted by molar-refractivity contribution is -0.151. The van der Waals surface area contributed by atoms with E-state index in [9.17, 15) is 22.0 Å². The second-order valence-corrected chi connectivity index (χ2v) is 6.13. The highest BCUT2D eigenvalue weighted by Gasteiger charge is 2.45. The van der Waals surface area contributed by atoms with Crippen LogP contribution in [0.25, 0.3) is 0 Å². The van der Waals surface area contributed by atoms with Crippen LogP contribution in [0.5, 0.6) is 0 Å². The van der Waals surface area contributed by atoms with Crippen LogP contribution in [0.2, 0.25) is 0 Å². The summed E-state index contributed by atoms with van der Waals surface area (Å²) in [6.45, 7) is 1.38. The molecule has 0 aromatic heterocycles. The number of nitrogens with one attached hydrogen (secondary N) is 1. The summed E-state index contributed by atoms with van der Waals surface area (Å²) in [6, 6.07) is -0.979. The fraction of sp³-hybridized carbons (Fsp3) is 0.889. The molecule has 100 valence electrons. The molecule has 1 saturated carbocycles. The van der Waals surface area contributed by atoms with Crippen molar-refractivity contribution in [2.24, 2.45) is 5.41 Å². The first-order valence-electron chi connectivity index (χ1n) is 5.23. The van der Waals surface area contributed by atoms with Crippen LogP contribution in [0.3, 0.4) is 0 Å². The monoisotopic (exact) mass is 271 g/mol. The van der Waals surface area contributed by atoms with Gasteiger partial charge in [0.15, 0.2) is 0 Å². The molecule has 0 saturated heterocycles. The van der Waals surface area contributed by atoms with E-state index in [-0.39, 0.29) is 12.8 Å². The molecule has 2 atom stereocenters. The quantitative estimate of drug-likeness (QED) is 0.803. The van der Waals surface area contributed by atoms with Crippen molar-refractivity contribution in [3.63, 3.8) is 0 Å². The largest absolute Gasteiger partial charge is 0.481 e. The predicted octanol–water partition coefficient (Wildman–Crippen LogP) is 1.16. The molecule has 1 aliphatic carbocycles. The maximum atomic E-state index is 12.2. The van der Waals surface area contributed by atoms with E-state index in [1.807, 2.05) is 4.72 Å². The van der Waals surface area contributed by atoms with Crippen LogP contribution in [0.15, 0.2) is 0 Å². The number of halogens is 2. The molecule has 0 aliphatic heterocycles. The summed E-state index contributed by atoms with van der Waals surface area (Å²) in [5, 5.41) is 9.08. The third-order valence-electron chi connectivity index (χ3n) is 3.24. The second kappa shape index (κ2) is 4.85. The van der Waals surface area contributed by atoms with E-state index in [0.717, 1.165) is 0 Å². The van der Waals surface area contributed by atoms with Gasteiger partial charge in [0, 0.05) is 6.04 Å². The van der Waals surface area contributed by atoms with E-state index in [4.69, 9.17) is 5.11 Å². The van der Waals surface area contributed by atoms with Gasteiger partial charge < -0.3 is 5.11 Å². The Morgan fingerprint density at radius 3 is 2.53 bits per heavy atom. The molecule has 2 unspecified atom stereocenters. The lowest BCUT2D eigenvalue weighted by atomic mass is 9.72. The summed E-state index contributed by atoms with van der Waals surface area (Å²) < 4.78 is 48.4. The first kappa shape index (κ1) is 14.3. The van der Waals surface area contributed by atoms with Crippen molar-refractivity contribution in [2.45, 2.75) is 44.4 Å². The van der Waals surface area contributed by atoms with Gasteiger partial charge in [0.05, 0.1) is 5.41 Å². The van der Waals surface area contributed by atoms with Crippen molar-refractivity contribution in [3.8, 4) is 0 Å². The summed E-state index contributed by atoms with van der Waals surface area (Å²) >= 11 is 0. The van der Waals surface area contributed by atoms with Gasteiger partial charge in [0.2, 0.25) is 0 Å². The molecule has 8 heteroatoms. The normalized spacial score (nSPS) is 30.5. The minimum absolute atomic E-state index is 0.259. The number of aliphatic carboxylic acids is 1. The van der Waals surface area contributed by atoms with Crippen LogP contribution >= 0.6 is 0 Å².